The van der Waals surface area contributed by atoms with Crippen LogP contribution in [0, 0.1) is 3.57 Å². The smallest absolute Gasteiger partial charge is 0.338 e. The van der Waals surface area contributed by atoms with Gasteiger partial charge in [0.25, 0.3) is 0 Å². The summed E-state index contributed by atoms with van der Waals surface area (Å²) in [5, 5.41) is 0. The SMILES string of the molecule is CCOC(=O)c1ccc(I)cc1C(Br)C(C)=O. The lowest BCUT2D eigenvalue weighted by Gasteiger charge is -2.12. The van der Waals surface area contributed by atoms with Crippen LogP contribution < -0.4 is 0 Å². The van der Waals surface area contributed by atoms with Crippen LogP contribution in [0.2, 0.25) is 0 Å². The maximum atomic E-state index is 11.7. The number of esters is 1. The minimum Gasteiger partial charge on any atom is -0.462 e. The first kappa shape index (κ1) is 14.6. The number of ether oxygens (including phenoxy) is 1. The molecule has 0 aliphatic carbocycles. The van der Waals surface area contributed by atoms with Gasteiger partial charge in [0, 0.05) is 3.57 Å². The van der Waals surface area contributed by atoms with Gasteiger partial charge in [0.15, 0.2) is 0 Å². The minimum atomic E-state index is -0.475. The van der Waals surface area contributed by atoms with Crippen molar-refractivity contribution >= 4 is 50.3 Å². The first-order valence-electron chi connectivity index (χ1n) is 5.08. The quantitative estimate of drug-likeness (QED) is 0.433. The van der Waals surface area contributed by atoms with Crippen molar-refractivity contribution < 1.29 is 14.3 Å². The molecule has 17 heavy (non-hydrogen) atoms. The van der Waals surface area contributed by atoms with Crippen molar-refractivity contribution in [1.82, 2.24) is 0 Å². The Hall–Kier alpha value is -0.430. The molecule has 0 fully saturated rings. The second-order valence-electron chi connectivity index (χ2n) is 3.43. The largest absolute Gasteiger partial charge is 0.462 e. The minimum absolute atomic E-state index is 0.0439. The number of halogens is 2. The van der Waals surface area contributed by atoms with E-state index in [0.717, 1.165) is 3.57 Å². The normalized spacial score (nSPS) is 12.0. The zero-order valence-electron chi connectivity index (χ0n) is 9.50. The van der Waals surface area contributed by atoms with E-state index in [9.17, 15) is 9.59 Å². The Kier molecular flexibility index (Phi) is 5.58. The third kappa shape index (κ3) is 3.77. The predicted molar refractivity (Wildman–Crippen MR) is 77.5 cm³/mol. The lowest BCUT2D eigenvalue weighted by atomic mass is 10.0. The van der Waals surface area contributed by atoms with Crippen molar-refractivity contribution in [2.75, 3.05) is 6.61 Å². The molecule has 5 heteroatoms. The lowest BCUT2D eigenvalue weighted by molar-refractivity contribution is -0.116. The Morgan fingerprint density at radius 2 is 2.12 bits per heavy atom. The molecule has 0 aliphatic heterocycles. The average Bonchev–Trinajstić information content (AvgIpc) is 2.28. The van der Waals surface area contributed by atoms with E-state index in [4.69, 9.17) is 4.74 Å². The first-order chi connectivity index (χ1) is 7.97. The Morgan fingerprint density at radius 3 is 2.65 bits per heavy atom. The molecule has 92 valence electrons. The van der Waals surface area contributed by atoms with Gasteiger partial charge < -0.3 is 4.74 Å². The molecule has 1 aromatic carbocycles. The summed E-state index contributed by atoms with van der Waals surface area (Å²) in [5.74, 6) is -0.442. The number of hydrogen-bond donors (Lipinski definition) is 0. The zero-order chi connectivity index (χ0) is 13.0. The van der Waals surface area contributed by atoms with E-state index in [2.05, 4.69) is 38.5 Å². The Morgan fingerprint density at radius 1 is 1.47 bits per heavy atom. The fourth-order valence-electron chi connectivity index (χ4n) is 1.36. The molecular formula is C12H12BrIO3. The molecule has 1 aromatic rings. The Bertz CT molecular complexity index is 445. The summed E-state index contributed by atoms with van der Waals surface area (Å²) in [6.45, 7) is 3.55. The van der Waals surface area contributed by atoms with Crippen LogP contribution in [-0.2, 0) is 9.53 Å². The summed E-state index contributed by atoms with van der Waals surface area (Å²) in [6, 6.07) is 5.32. The van der Waals surface area contributed by atoms with Gasteiger partial charge >= 0.3 is 5.97 Å². The van der Waals surface area contributed by atoms with E-state index in [0.29, 0.717) is 17.7 Å². The molecular weight excluding hydrogens is 399 g/mol. The highest BCUT2D eigenvalue weighted by Gasteiger charge is 2.21. The number of carbonyl (C=O) groups is 2. The van der Waals surface area contributed by atoms with Crippen LogP contribution >= 0.6 is 38.5 Å². The summed E-state index contributed by atoms with van der Waals surface area (Å²) < 4.78 is 5.93. The summed E-state index contributed by atoms with van der Waals surface area (Å²) >= 11 is 5.43. The number of ketones is 1. The highest BCUT2D eigenvalue weighted by Crippen LogP contribution is 2.29. The molecule has 0 amide bonds. The van der Waals surface area contributed by atoms with Crippen molar-refractivity contribution in [2.45, 2.75) is 18.7 Å². The fourth-order valence-corrected chi connectivity index (χ4v) is 2.25. The summed E-state index contributed by atoms with van der Waals surface area (Å²) in [7, 11) is 0. The van der Waals surface area contributed by atoms with Crippen LogP contribution in [0.15, 0.2) is 18.2 Å². The summed E-state index contributed by atoms with van der Waals surface area (Å²) in [5.41, 5.74) is 1.09. The first-order valence-corrected chi connectivity index (χ1v) is 7.08. The van der Waals surface area contributed by atoms with Gasteiger partial charge in [-0.15, -0.1) is 0 Å². The van der Waals surface area contributed by atoms with E-state index in [1.54, 1.807) is 13.0 Å². The third-order valence-corrected chi connectivity index (χ3v) is 3.95. The van der Waals surface area contributed by atoms with Crippen LogP contribution in [0.25, 0.3) is 0 Å². The predicted octanol–water partition coefficient (Wildman–Crippen LogP) is 3.49. The maximum Gasteiger partial charge on any atom is 0.338 e. The molecule has 0 aliphatic rings. The highest BCUT2D eigenvalue weighted by atomic mass is 127. The lowest BCUT2D eigenvalue weighted by Crippen LogP contribution is -2.12. The van der Waals surface area contributed by atoms with Crippen LogP contribution in [0.4, 0.5) is 0 Å². The van der Waals surface area contributed by atoms with Gasteiger partial charge in [-0.25, -0.2) is 4.79 Å². The topological polar surface area (TPSA) is 43.4 Å². The molecule has 0 N–H and O–H groups in total. The molecule has 0 spiro atoms. The van der Waals surface area contributed by atoms with Gasteiger partial charge in [-0.1, -0.05) is 15.9 Å². The molecule has 0 saturated carbocycles. The average molecular weight is 411 g/mol. The van der Waals surface area contributed by atoms with E-state index in [1.165, 1.54) is 6.92 Å². The van der Waals surface area contributed by atoms with Gasteiger partial charge in [0.05, 0.1) is 17.0 Å². The van der Waals surface area contributed by atoms with Crippen LogP contribution in [0.3, 0.4) is 0 Å². The Labute approximate surface area is 122 Å². The van der Waals surface area contributed by atoms with Gasteiger partial charge in [-0.05, 0) is 60.2 Å². The van der Waals surface area contributed by atoms with Crippen LogP contribution in [0.5, 0.6) is 0 Å². The molecule has 1 rings (SSSR count). The number of carbonyl (C=O) groups excluding carboxylic acids is 2. The highest BCUT2D eigenvalue weighted by molar-refractivity contribution is 14.1. The molecule has 0 aromatic heterocycles. The molecule has 0 saturated heterocycles. The van der Waals surface area contributed by atoms with Crippen molar-refractivity contribution in [3.63, 3.8) is 0 Å². The monoisotopic (exact) mass is 410 g/mol. The van der Waals surface area contributed by atoms with Crippen molar-refractivity contribution in [2.24, 2.45) is 0 Å². The molecule has 3 nitrogen and oxygen atoms in total. The van der Waals surface area contributed by atoms with Crippen molar-refractivity contribution in [1.29, 1.82) is 0 Å². The molecule has 0 bridgehead atoms. The molecule has 1 atom stereocenters. The summed E-state index contributed by atoms with van der Waals surface area (Å²) in [6.07, 6.45) is 0. The number of alkyl halides is 1. The van der Waals surface area contributed by atoms with Crippen molar-refractivity contribution in [3.05, 3.63) is 32.9 Å². The van der Waals surface area contributed by atoms with Crippen LogP contribution in [0.1, 0.15) is 34.6 Å². The van der Waals surface area contributed by atoms with Gasteiger partial charge in [-0.3, -0.25) is 4.79 Å². The maximum absolute atomic E-state index is 11.7. The van der Waals surface area contributed by atoms with E-state index < -0.39 is 10.8 Å². The molecule has 0 heterocycles. The number of Topliss-reactive ketones (excluding diaryl/α,β-unsaturated/α-hetero) is 1. The second-order valence-corrected chi connectivity index (χ2v) is 5.59. The standard InChI is InChI=1S/C12H12BrIO3/c1-3-17-12(16)9-5-4-8(14)6-10(9)11(13)7(2)15/h4-6,11H,3H2,1-2H3. The van der Waals surface area contributed by atoms with E-state index in [-0.39, 0.29) is 5.78 Å². The summed E-state index contributed by atoms with van der Waals surface area (Å²) in [4.78, 5) is 22.7. The molecule has 0 radical (unpaired) electrons. The third-order valence-electron chi connectivity index (χ3n) is 2.14. The number of hydrogen-bond acceptors (Lipinski definition) is 3. The van der Waals surface area contributed by atoms with Gasteiger partial charge in [-0.2, -0.15) is 0 Å². The fraction of sp³-hybridized carbons (Fsp3) is 0.333. The van der Waals surface area contributed by atoms with E-state index >= 15 is 0 Å². The molecule has 1 unspecified atom stereocenters. The zero-order valence-corrected chi connectivity index (χ0v) is 13.2. The van der Waals surface area contributed by atoms with E-state index in [1.807, 2.05) is 12.1 Å². The van der Waals surface area contributed by atoms with Gasteiger partial charge in [0.1, 0.15) is 5.78 Å². The Balaban J connectivity index is 3.21. The second kappa shape index (κ2) is 6.49. The van der Waals surface area contributed by atoms with Gasteiger partial charge in [0.2, 0.25) is 0 Å². The van der Waals surface area contributed by atoms with Crippen molar-refractivity contribution in [3.8, 4) is 0 Å². The van der Waals surface area contributed by atoms with Crippen LogP contribution in [-0.4, -0.2) is 18.4 Å². The number of rotatable bonds is 4. The number of benzene rings is 1.